The summed E-state index contributed by atoms with van der Waals surface area (Å²) in [6.45, 7) is 14.2. The molecular formula is C12H23N. The lowest BCUT2D eigenvalue weighted by Gasteiger charge is -2.19. The quantitative estimate of drug-likeness (QED) is 0.518. The maximum absolute atomic E-state index is 3.80. The zero-order valence-electron chi connectivity index (χ0n) is 9.13. The van der Waals surface area contributed by atoms with Crippen LogP contribution in [0.25, 0.3) is 0 Å². The van der Waals surface area contributed by atoms with Crippen molar-refractivity contribution in [2.75, 3.05) is 13.1 Å². The van der Waals surface area contributed by atoms with Gasteiger partial charge in [0, 0.05) is 13.1 Å². The Hall–Kier alpha value is -0.720. The van der Waals surface area contributed by atoms with E-state index in [0.29, 0.717) is 0 Å². The Balaban J connectivity index is 3.47. The van der Waals surface area contributed by atoms with Crippen LogP contribution in [0.15, 0.2) is 25.4 Å². The van der Waals surface area contributed by atoms with E-state index in [9.17, 15) is 0 Å². The standard InChI is InChI=1S/C12H23N/c1-5-7-10-13(6-2)11-8-9-12(3)4/h5-6,12H,1-2,7-11H2,3-4H3. The topological polar surface area (TPSA) is 3.24 Å². The Morgan fingerprint density at radius 3 is 2.38 bits per heavy atom. The molecule has 13 heavy (non-hydrogen) atoms. The van der Waals surface area contributed by atoms with Crippen LogP contribution in [-0.4, -0.2) is 18.0 Å². The Morgan fingerprint density at radius 1 is 1.23 bits per heavy atom. The van der Waals surface area contributed by atoms with E-state index in [1.165, 1.54) is 12.8 Å². The van der Waals surface area contributed by atoms with Gasteiger partial charge < -0.3 is 4.90 Å². The van der Waals surface area contributed by atoms with Gasteiger partial charge in [-0.05, 0) is 31.4 Å². The van der Waals surface area contributed by atoms with Crippen molar-refractivity contribution in [2.24, 2.45) is 5.92 Å². The summed E-state index contributed by atoms with van der Waals surface area (Å²) in [6, 6.07) is 0. The third-order valence-electron chi connectivity index (χ3n) is 2.11. The van der Waals surface area contributed by atoms with Gasteiger partial charge in [0.1, 0.15) is 0 Å². The van der Waals surface area contributed by atoms with Gasteiger partial charge in [-0.1, -0.05) is 26.5 Å². The molecule has 0 atom stereocenters. The lowest BCUT2D eigenvalue weighted by molar-refractivity contribution is 0.360. The Morgan fingerprint density at radius 2 is 1.92 bits per heavy atom. The van der Waals surface area contributed by atoms with Crippen LogP contribution in [0.5, 0.6) is 0 Å². The van der Waals surface area contributed by atoms with Gasteiger partial charge in [0.2, 0.25) is 0 Å². The fraction of sp³-hybridized carbons (Fsp3) is 0.667. The first-order valence-electron chi connectivity index (χ1n) is 5.18. The summed E-state index contributed by atoms with van der Waals surface area (Å²) < 4.78 is 0. The highest BCUT2D eigenvalue weighted by Crippen LogP contribution is 2.05. The predicted octanol–water partition coefficient (Wildman–Crippen LogP) is 3.44. The van der Waals surface area contributed by atoms with Crippen molar-refractivity contribution >= 4 is 0 Å². The molecule has 0 unspecified atom stereocenters. The van der Waals surface area contributed by atoms with E-state index in [1.807, 2.05) is 12.3 Å². The van der Waals surface area contributed by atoms with Gasteiger partial charge >= 0.3 is 0 Å². The van der Waals surface area contributed by atoms with E-state index >= 15 is 0 Å². The Bertz CT molecular complexity index is 138. The van der Waals surface area contributed by atoms with Gasteiger partial charge in [-0.2, -0.15) is 0 Å². The molecular weight excluding hydrogens is 158 g/mol. The highest BCUT2D eigenvalue weighted by atomic mass is 15.1. The highest BCUT2D eigenvalue weighted by Gasteiger charge is 1.98. The molecule has 1 nitrogen and oxygen atoms in total. The third-order valence-corrected chi connectivity index (χ3v) is 2.11. The van der Waals surface area contributed by atoms with Gasteiger partial charge in [0.05, 0.1) is 0 Å². The molecule has 0 aliphatic rings. The summed E-state index contributed by atoms with van der Waals surface area (Å²) in [5.41, 5.74) is 0. The zero-order chi connectivity index (χ0) is 10.1. The SMILES string of the molecule is C=CCCN(C=C)CCCC(C)C. The summed E-state index contributed by atoms with van der Waals surface area (Å²) in [7, 11) is 0. The second-order valence-electron chi connectivity index (χ2n) is 3.83. The molecule has 0 aromatic carbocycles. The minimum atomic E-state index is 0.811. The van der Waals surface area contributed by atoms with E-state index in [0.717, 1.165) is 25.4 Å². The molecule has 1 heteroatoms. The van der Waals surface area contributed by atoms with Crippen LogP contribution in [0, 0.1) is 5.92 Å². The molecule has 0 spiro atoms. The first kappa shape index (κ1) is 12.3. The molecule has 0 aromatic rings. The van der Waals surface area contributed by atoms with Gasteiger partial charge in [-0.15, -0.1) is 6.58 Å². The van der Waals surface area contributed by atoms with Gasteiger partial charge in [0.15, 0.2) is 0 Å². The van der Waals surface area contributed by atoms with E-state index in [1.54, 1.807) is 0 Å². The third kappa shape index (κ3) is 7.63. The monoisotopic (exact) mass is 181 g/mol. The lowest BCUT2D eigenvalue weighted by Crippen LogP contribution is -2.19. The summed E-state index contributed by atoms with van der Waals surface area (Å²) >= 11 is 0. The average molecular weight is 181 g/mol. The van der Waals surface area contributed by atoms with E-state index in [4.69, 9.17) is 0 Å². The van der Waals surface area contributed by atoms with Crippen molar-refractivity contribution in [1.82, 2.24) is 4.90 Å². The molecule has 0 saturated heterocycles. The predicted molar refractivity (Wildman–Crippen MR) is 60.7 cm³/mol. The molecule has 0 radical (unpaired) electrons. The molecule has 0 saturated carbocycles. The molecule has 0 aliphatic carbocycles. The lowest BCUT2D eigenvalue weighted by atomic mass is 10.1. The summed E-state index contributed by atoms with van der Waals surface area (Å²) in [5.74, 6) is 0.811. The summed E-state index contributed by atoms with van der Waals surface area (Å²) in [4.78, 5) is 2.27. The number of nitrogens with zero attached hydrogens (tertiary/aromatic N) is 1. The second-order valence-corrected chi connectivity index (χ2v) is 3.83. The number of rotatable bonds is 8. The maximum atomic E-state index is 3.80. The van der Waals surface area contributed by atoms with Crippen molar-refractivity contribution in [3.05, 3.63) is 25.4 Å². The first-order valence-corrected chi connectivity index (χ1v) is 5.18. The molecule has 0 bridgehead atoms. The fourth-order valence-electron chi connectivity index (χ4n) is 1.25. The van der Waals surface area contributed by atoms with Crippen molar-refractivity contribution in [2.45, 2.75) is 33.1 Å². The smallest absolute Gasteiger partial charge is 0.0206 e. The van der Waals surface area contributed by atoms with Crippen LogP contribution in [0.2, 0.25) is 0 Å². The molecule has 0 rings (SSSR count). The average Bonchev–Trinajstić information content (AvgIpc) is 2.10. The highest BCUT2D eigenvalue weighted by molar-refractivity contribution is 4.75. The molecule has 0 amide bonds. The minimum Gasteiger partial charge on any atom is -0.378 e. The zero-order valence-corrected chi connectivity index (χ0v) is 9.13. The van der Waals surface area contributed by atoms with Crippen LogP contribution in [0.4, 0.5) is 0 Å². The van der Waals surface area contributed by atoms with E-state index in [-0.39, 0.29) is 0 Å². The maximum Gasteiger partial charge on any atom is 0.0206 e. The Kier molecular flexibility index (Phi) is 7.47. The molecule has 0 heterocycles. The van der Waals surface area contributed by atoms with Crippen LogP contribution >= 0.6 is 0 Å². The molecule has 0 aliphatic heterocycles. The van der Waals surface area contributed by atoms with Crippen LogP contribution in [-0.2, 0) is 0 Å². The second kappa shape index (κ2) is 7.90. The van der Waals surface area contributed by atoms with Gasteiger partial charge in [-0.3, -0.25) is 0 Å². The molecule has 0 aromatic heterocycles. The van der Waals surface area contributed by atoms with E-state index in [2.05, 4.69) is 31.9 Å². The largest absolute Gasteiger partial charge is 0.378 e. The normalized spacial score (nSPS) is 10.1. The summed E-state index contributed by atoms with van der Waals surface area (Å²) in [5, 5.41) is 0. The van der Waals surface area contributed by atoms with Crippen LogP contribution in [0.3, 0.4) is 0 Å². The first-order chi connectivity index (χ1) is 6.20. The number of hydrogen-bond donors (Lipinski definition) is 0. The molecule has 0 N–H and O–H groups in total. The van der Waals surface area contributed by atoms with Crippen LogP contribution in [0.1, 0.15) is 33.1 Å². The van der Waals surface area contributed by atoms with E-state index < -0.39 is 0 Å². The van der Waals surface area contributed by atoms with Crippen molar-refractivity contribution in [3.8, 4) is 0 Å². The van der Waals surface area contributed by atoms with Crippen molar-refractivity contribution in [1.29, 1.82) is 0 Å². The summed E-state index contributed by atoms with van der Waals surface area (Å²) in [6.07, 6.45) is 7.51. The minimum absolute atomic E-state index is 0.811. The van der Waals surface area contributed by atoms with Gasteiger partial charge in [0.25, 0.3) is 0 Å². The van der Waals surface area contributed by atoms with Crippen LogP contribution < -0.4 is 0 Å². The van der Waals surface area contributed by atoms with Gasteiger partial charge in [-0.25, -0.2) is 0 Å². The molecule has 0 fully saturated rings. The molecule has 76 valence electrons. The fourth-order valence-corrected chi connectivity index (χ4v) is 1.25. The van der Waals surface area contributed by atoms with Crippen molar-refractivity contribution in [3.63, 3.8) is 0 Å². The Labute approximate surface area is 83.1 Å². The number of hydrogen-bond acceptors (Lipinski definition) is 1. The van der Waals surface area contributed by atoms with Crippen molar-refractivity contribution < 1.29 is 0 Å².